The van der Waals surface area contributed by atoms with Gasteiger partial charge in [-0.2, -0.15) is 0 Å². The number of hydrogen-bond donors (Lipinski definition) is 1. The summed E-state index contributed by atoms with van der Waals surface area (Å²) >= 11 is 0. The van der Waals surface area contributed by atoms with Crippen LogP contribution in [0.1, 0.15) is 61.0 Å². The molecule has 0 spiro atoms. The smallest absolute Gasteiger partial charge is 0.251 e. The molecule has 126 valence electrons. The Morgan fingerprint density at radius 3 is 2.65 bits per heavy atom. The molecule has 0 unspecified atom stereocenters. The second kappa shape index (κ2) is 8.88. The van der Waals surface area contributed by atoms with Gasteiger partial charge in [0.15, 0.2) is 0 Å². The Labute approximate surface area is 140 Å². The van der Waals surface area contributed by atoms with Gasteiger partial charge in [0, 0.05) is 18.7 Å². The number of likely N-dealkylation sites (N-methyl/N-ethyl adjacent to an activating group) is 1. The summed E-state index contributed by atoms with van der Waals surface area (Å²) in [6, 6.07) is 6.08. The van der Waals surface area contributed by atoms with Crippen LogP contribution in [0.15, 0.2) is 24.3 Å². The monoisotopic (exact) mass is 314 g/mol. The molecule has 0 saturated heterocycles. The molecule has 1 aliphatic rings. The molecule has 0 radical (unpaired) electrons. The van der Waals surface area contributed by atoms with Crippen LogP contribution in [0.5, 0.6) is 0 Å². The Balaban J connectivity index is 2.02. The fraction of sp³-hybridized carbons (Fsp3) is 0.550. The first-order chi connectivity index (χ1) is 11.2. The highest BCUT2D eigenvalue weighted by Crippen LogP contribution is 2.29. The molecule has 3 nitrogen and oxygen atoms in total. The number of carbonyl (C=O) groups is 1. The molecular weight excluding hydrogens is 284 g/mol. The molecule has 0 atom stereocenters. The molecule has 3 heteroatoms. The second-order valence-corrected chi connectivity index (χ2v) is 6.29. The van der Waals surface area contributed by atoms with Crippen LogP contribution >= 0.6 is 0 Å². The van der Waals surface area contributed by atoms with E-state index in [9.17, 15) is 4.79 Å². The fourth-order valence-electron chi connectivity index (χ4n) is 3.16. The zero-order chi connectivity index (χ0) is 16.7. The number of nitrogens with zero attached hydrogens (tertiary/aromatic N) is 1. The van der Waals surface area contributed by atoms with E-state index >= 15 is 0 Å². The minimum atomic E-state index is 0.0369. The number of amides is 1. The van der Waals surface area contributed by atoms with Crippen LogP contribution in [0.25, 0.3) is 5.57 Å². The Morgan fingerprint density at radius 1 is 1.22 bits per heavy atom. The van der Waals surface area contributed by atoms with Gasteiger partial charge < -0.3 is 10.2 Å². The molecule has 0 fully saturated rings. The van der Waals surface area contributed by atoms with Gasteiger partial charge in [-0.25, -0.2) is 0 Å². The van der Waals surface area contributed by atoms with Gasteiger partial charge in [0.05, 0.1) is 0 Å². The summed E-state index contributed by atoms with van der Waals surface area (Å²) in [6.07, 6.45) is 7.18. The van der Waals surface area contributed by atoms with E-state index in [4.69, 9.17) is 0 Å². The van der Waals surface area contributed by atoms with Gasteiger partial charge in [0.25, 0.3) is 5.91 Å². The summed E-state index contributed by atoms with van der Waals surface area (Å²) in [5.41, 5.74) is 4.70. The third-order valence-corrected chi connectivity index (χ3v) is 4.74. The molecule has 0 bridgehead atoms. The number of hydrogen-bond acceptors (Lipinski definition) is 2. The Bertz CT molecular complexity index is 559. The molecule has 1 aliphatic carbocycles. The van der Waals surface area contributed by atoms with E-state index in [0.29, 0.717) is 6.54 Å². The van der Waals surface area contributed by atoms with Crippen molar-refractivity contribution in [1.29, 1.82) is 0 Å². The van der Waals surface area contributed by atoms with Crippen LogP contribution in [0, 0.1) is 6.92 Å². The topological polar surface area (TPSA) is 32.3 Å². The number of allylic oxidation sites excluding steroid dienone is 2. The lowest BCUT2D eigenvalue weighted by Crippen LogP contribution is -2.34. The summed E-state index contributed by atoms with van der Waals surface area (Å²) in [6.45, 7) is 10.1. The van der Waals surface area contributed by atoms with Gasteiger partial charge in [-0.05, 0) is 74.5 Å². The lowest BCUT2D eigenvalue weighted by Gasteiger charge is -2.18. The molecule has 0 aromatic heterocycles. The van der Waals surface area contributed by atoms with E-state index in [1.54, 1.807) is 0 Å². The first kappa shape index (κ1) is 17.7. The quantitative estimate of drug-likeness (QED) is 0.824. The maximum Gasteiger partial charge on any atom is 0.251 e. The Kier molecular flexibility index (Phi) is 6.85. The predicted octanol–water partition coefficient (Wildman–Crippen LogP) is 4.02. The Morgan fingerprint density at radius 2 is 2.00 bits per heavy atom. The first-order valence-corrected chi connectivity index (χ1v) is 8.96. The molecule has 23 heavy (non-hydrogen) atoms. The largest absolute Gasteiger partial charge is 0.351 e. The van der Waals surface area contributed by atoms with E-state index in [1.165, 1.54) is 29.5 Å². The van der Waals surface area contributed by atoms with Gasteiger partial charge in [0.1, 0.15) is 0 Å². The van der Waals surface area contributed by atoms with Crippen LogP contribution in [-0.2, 0) is 0 Å². The number of aryl methyl sites for hydroxylation is 1. The number of rotatable bonds is 7. The summed E-state index contributed by atoms with van der Waals surface area (Å²) < 4.78 is 0. The van der Waals surface area contributed by atoms with Gasteiger partial charge in [-0.1, -0.05) is 26.0 Å². The van der Waals surface area contributed by atoms with Crippen molar-refractivity contribution >= 4 is 11.5 Å². The molecular formula is C20H30N2O. The lowest BCUT2D eigenvalue weighted by atomic mass is 9.90. The third kappa shape index (κ3) is 4.93. The predicted molar refractivity (Wildman–Crippen MR) is 97.7 cm³/mol. The molecule has 1 aromatic rings. The summed E-state index contributed by atoms with van der Waals surface area (Å²) in [5, 5.41) is 3.05. The minimum absolute atomic E-state index is 0.0369. The maximum atomic E-state index is 12.4. The van der Waals surface area contributed by atoms with Gasteiger partial charge in [-0.15, -0.1) is 0 Å². The average Bonchev–Trinajstić information content (AvgIpc) is 2.59. The standard InChI is InChI=1S/C20H30N2O/c1-4-22(5-2)14-13-21-20(23)18-12-11-16(3)19(15-18)17-9-7-6-8-10-17/h9,11-12,15H,4-8,10,13-14H2,1-3H3,(H,21,23). The van der Waals surface area contributed by atoms with E-state index in [0.717, 1.165) is 38.0 Å². The van der Waals surface area contributed by atoms with Gasteiger partial charge in [-0.3, -0.25) is 4.79 Å². The molecule has 1 amide bonds. The van der Waals surface area contributed by atoms with Crippen LogP contribution in [-0.4, -0.2) is 37.0 Å². The van der Waals surface area contributed by atoms with Crippen LogP contribution in [0.3, 0.4) is 0 Å². The zero-order valence-electron chi connectivity index (χ0n) is 14.8. The number of benzene rings is 1. The van der Waals surface area contributed by atoms with Crippen LogP contribution < -0.4 is 5.32 Å². The van der Waals surface area contributed by atoms with E-state index in [-0.39, 0.29) is 5.91 Å². The number of carbonyl (C=O) groups excluding carboxylic acids is 1. The maximum absolute atomic E-state index is 12.4. The third-order valence-electron chi connectivity index (χ3n) is 4.74. The van der Waals surface area contributed by atoms with Crippen molar-refractivity contribution in [2.24, 2.45) is 0 Å². The zero-order valence-corrected chi connectivity index (χ0v) is 14.8. The second-order valence-electron chi connectivity index (χ2n) is 6.29. The summed E-state index contributed by atoms with van der Waals surface area (Å²) in [4.78, 5) is 14.7. The highest BCUT2D eigenvalue weighted by molar-refractivity contribution is 5.95. The molecule has 0 saturated carbocycles. The van der Waals surface area contributed by atoms with Gasteiger partial charge >= 0.3 is 0 Å². The normalized spacial score (nSPS) is 14.7. The van der Waals surface area contributed by atoms with Crippen molar-refractivity contribution in [1.82, 2.24) is 10.2 Å². The van der Waals surface area contributed by atoms with Gasteiger partial charge in [0.2, 0.25) is 0 Å². The van der Waals surface area contributed by atoms with Crippen molar-refractivity contribution in [3.8, 4) is 0 Å². The molecule has 2 rings (SSSR count). The molecule has 0 aliphatic heterocycles. The van der Waals surface area contributed by atoms with Crippen LogP contribution in [0.2, 0.25) is 0 Å². The van der Waals surface area contributed by atoms with Crippen molar-refractivity contribution in [3.63, 3.8) is 0 Å². The molecule has 1 N–H and O–H groups in total. The lowest BCUT2D eigenvalue weighted by molar-refractivity contribution is 0.0949. The minimum Gasteiger partial charge on any atom is -0.351 e. The van der Waals surface area contributed by atoms with Crippen molar-refractivity contribution in [3.05, 3.63) is 41.0 Å². The summed E-state index contributed by atoms with van der Waals surface area (Å²) in [7, 11) is 0. The van der Waals surface area contributed by atoms with Crippen molar-refractivity contribution in [2.75, 3.05) is 26.2 Å². The van der Waals surface area contributed by atoms with E-state index < -0.39 is 0 Å². The molecule has 1 aromatic carbocycles. The molecule has 0 heterocycles. The van der Waals surface area contributed by atoms with Crippen LogP contribution in [0.4, 0.5) is 0 Å². The highest BCUT2D eigenvalue weighted by atomic mass is 16.1. The highest BCUT2D eigenvalue weighted by Gasteiger charge is 2.12. The van der Waals surface area contributed by atoms with E-state index in [2.05, 4.69) is 49.2 Å². The Hall–Kier alpha value is -1.61. The SMILES string of the molecule is CCN(CC)CCNC(=O)c1ccc(C)c(C2=CCCCC2)c1. The van der Waals surface area contributed by atoms with E-state index in [1.807, 2.05) is 6.07 Å². The van der Waals surface area contributed by atoms with Crippen molar-refractivity contribution in [2.45, 2.75) is 46.5 Å². The van der Waals surface area contributed by atoms with Crippen molar-refractivity contribution < 1.29 is 4.79 Å². The fourth-order valence-corrected chi connectivity index (χ4v) is 3.16. The number of nitrogens with one attached hydrogen (secondary N) is 1. The average molecular weight is 314 g/mol. The summed E-state index contributed by atoms with van der Waals surface area (Å²) in [5.74, 6) is 0.0369. The first-order valence-electron chi connectivity index (χ1n) is 8.96.